The fraction of sp³-hybridized carbons (Fsp3) is 0.800. The van der Waals surface area contributed by atoms with Gasteiger partial charge in [-0.05, 0) is 47.0 Å². The third-order valence-corrected chi connectivity index (χ3v) is 4.86. The Morgan fingerprint density at radius 2 is 1.09 bits per heavy atom. The SMILES string of the molecule is CC(C)(C)C1=C(C(C)(C)C)C(C(C)(C)C)=C(O[Si](C)(C)C)C1. The van der Waals surface area contributed by atoms with Gasteiger partial charge >= 0.3 is 0 Å². The van der Waals surface area contributed by atoms with Crippen LogP contribution in [0.2, 0.25) is 19.6 Å². The Bertz CT molecular complexity index is 494. The molecule has 0 fully saturated rings. The van der Waals surface area contributed by atoms with E-state index in [0.29, 0.717) is 0 Å². The largest absolute Gasteiger partial charge is 0.547 e. The topological polar surface area (TPSA) is 9.23 Å². The van der Waals surface area contributed by atoms with E-state index in [1.165, 1.54) is 11.3 Å². The molecule has 0 radical (unpaired) electrons. The lowest BCUT2D eigenvalue weighted by Gasteiger charge is -2.35. The van der Waals surface area contributed by atoms with Gasteiger partial charge in [0, 0.05) is 6.42 Å². The highest BCUT2D eigenvalue weighted by Gasteiger charge is 2.42. The van der Waals surface area contributed by atoms with E-state index in [-0.39, 0.29) is 16.2 Å². The first-order valence-electron chi connectivity index (χ1n) is 8.62. The van der Waals surface area contributed by atoms with E-state index in [2.05, 4.69) is 82.0 Å². The summed E-state index contributed by atoms with van der Waals surface area (Å²) in [5, 5.41) is 0. The van der Waals surface area contributed by atoms with Crippen molar-refractivity contribution in [1.29, 1.82) is 0 Å². The molecule has 0 unspecified atom stereocenters. The van der Waals surface area contributed by atoms with Gasteiger partial charge in [0.2, 0.25) is 8.32 Å². The summed E-state index contributed by atoms with van der Waals surface area (Å²) >= 11 is 0. The zero-order valence-corrected chi connectivity index (χ0v) is 18.1. The summed E-state index contributed by atoms with van der Waals surface area (Å²) in [7, 11) is -1.60. The predicted octanol–water partition coefficient (Wildman–Crippen LogP) is 6.93. The molecule has 128 valence electrons. The summed E-state index contributed by atoms with van der Waals surface area (Å²) < 4.78 is 6.57. The molecular formula is C20H38OSi. The first-order valence-corrected chi connectivity index (χ1v) is 12.0. The Morgan fingerprint density at radius 1 is 0.682 bits per heavy atom. The fourth-order valence-electron chi connectivity index (χ4n) is 3.35. The summed E-state index contributed by atoms with van der Waals surface area (Å²) in [5.74, 6) is 1.25. The summed E-state index contributed by atoms with van der Waals surface area (Å²) in [6, 6.07) is 0. The van der Waals surface area contributed by atoms with E-state index < -0.39 is 8.32 Å². The van der Waals surface area contributed by atoms with E-state index in [4.69, 9.17) is 4.43 Å². The average molecular weight is 323 g/mol. The van der Waals surface area contributed by atoms with Gasteiger partial charge in [-0.2, -0.15) is 0 Å². The lowest BCUT2D eigenvalue weighted by Crippen LogP contribution is -2.27. The van der Waals surface area contributed by atoms with Crippen LogP contribution in [-0.4, -0.2) is 8.32 Å². The smallest absolute Gasteiger partial charge is 0.241 e. The fourth-order valence-corrected chi connectivity index (χ4v) is 4.26. The molecule has 0 bridgehead atoms. The van der Waals surface area contributed by atoms with Gasteiger partial charge in [0.25, 0.3) is 0 Å². The van der Waals surface area contributed by atoms with Gasteiger partial charge in [-0.3, -0.25) is 0 Å². The van der Waals surface area contributed by atoms with Crippen LogP contribution in [0.1, 0.15) is 68.7 Å². The van der Waals surface area contributed by atoms with Crippen LogP contribution in [0.3, 0.4) is 0 Å². The van der Waals surface area contributed by atoms with Crippen molar-refractivity contribution in [2.45, 2.75) is 88.4 Å². The van der Waals surface area contributed by atoms with Gasteiger partial charge in [0.05, 0.1) is 5.76 Å². The van der Waals surface area contributed by atoms with Crippen molar-refractivity contribution in [3.63, 3.8) is 0 Å². The normalized spacial score (nSPS) is 18.4. The zero-order chi connectivity index (χ0) is 17.7. The van der Waals surface area contributed by atoms with Crippen LogP contribution in [0.15, 0.2) is 22.5 Å². The van der Waals surface area contributed by atoms with Crippen LogP contribution in [0.5, 0.6) is 0 Å². The Hall–Kier alpha value is -0.503. The van der Waals surface area contributed by atoms with Gasteiger partial charge in [-0.1, -0.05) is 67.9 Å². The lowest BCUT2D eigenvalue weighted by atomic mass is 9.70. The summed E-state index contributed by atoms with van der Waals surface area (Å²) in [4.78, 5) is 0. The molecule has 0 aliphatic heterocycles. The molecule has 1 nitrogen and oxygen atoms in total. The van der Waals surface area contributed by atoms with Gasteiger partial charge in [0.15, 0.2) is 0 Å². The van der Waals surface area contributed by atoms with Crippen molar-refractivity contribution < 1.29 is 4.43 Å². The van der Waals surface area contributed by atoms with Crippen molar-refractivity contribution in [1.82, 2.24) is 0 Å². The molecule has 1 aliphatic carbocycles. The van der Waals surface area contributed by atoms with Crippen molar-refractivity contribution in [2.24, 2.45) is 16.2 Å². The highest BCUT2D eigenvalue weighted by molar-refractivity contribution is 6.70. The van der Waals surface area contributed by atoms with Gasteiger partial charge in [0.1, 0.15) is 0 Å². The van der Waals surface area contributed by atoms with E-state index in [9.17, 15) is 0 Å². The molecular weight excluding hydrogens is 284 g/mol. The van der Waals surface area contributed by atoms with Gasteiger partial charge in [-0.25, -0.2) is 0 Å². The van der Waals surface area contributed by atoms with E-state index >= 15 is 0 Å². The summed E-state index contributed by atoms with van der Waals surface area (Å²) in [6.45, 7) is 27.9. The highest BCUT2D eigenvalue weighted by Crippen LogP contribution is 2.54. The van der Waals surface area contributed by atoms with Crippen molar-refractivity contribution >= 4 is 8.32 Å². The number of rotatable bonds is 2. The van der Waals surface area contributed by atoms with Crippen LogP contribution in [0.25, 0.3) is 0 Å². The Balaban J connectivity index is 3.60. The molecule has 0 aromatic carbocycles. The molecule has 0 aromatic rings. The molecule has 1 rings (SSSR count). The van der Waals surface area contributed by atoms with E-state index in [1.54, 1.807) is 11.1 Å². The van der Waals surface area contributed by atoms with Crippen molar-refractivity contribution in [3.05, 3.63) is 22.5 Å². The van der Waals surface area contributed by atoms with Crippen LogP contribution < -0.4 is 0 Å². The monoisotopic (exact) mass is 322 g/mol. The zero-order valence-electron chi connectivity index (χ0n) is 17.1. The van der Waals surface area contributed by atoms with Crippen molar-refractivity contribution in [3.8, 4) is 0 Å². The molecule has 0 N–H and O–H groups in total. The highest BCUT2D eigenvalue weighted by atomic mass is 28.4. The molecule has 0 heterocycles. The molecule has 22 heavy (non-hydrogen) atoms. The molecule has 0 saturated carbocycles. The second kappa shape index (κ2) is 5.54. The molecule has 0 aromatic heterocycles. The molecule has 1 aliphatic rings. The Labute approximate surface area is 140 Å². The summed E-state index contributed by atoms with van der Waals surface area (Å²) in [6.07, 6.45) is 0.993. The predicted molar refractivity (Wildman–Crippen MR) is 101 cm³/mol. The van der Waals surface area contributed by atoms with E-state index in [1.807, 2.05) is 0 Å². The Kier molecular flexibility index (Phi) is 4.92. The molecule has 0 amide bonds. The standard InChI is InChI=1S/C20H38OSi/c1-18(2,3)14-13-15(21-22(10,11)12)17(20(7,8)9)16(14)19(4,5)6/h13H2,1-12H3. The second-order valence-corrected chi connectivity index (χ2v) is 15.2. The maximum Gasteiger partial charge on any atom is 0.241 e. The van der Waals surface area contributed by atoms with Crippen molar-refractivity contribution in [2.75, 3.05) is 0 Å². The minimum absolute atomic E-state index is 0.116. The number of hydrogen-bond acceptors (Lipinski definition) is 1. The third-order valence-electron chi connectivity index (χ3n) is 4.00. The van der Waals surface area contributed by atoms with E-state index in [0.717, 1.165) is 6.42 Å². The molecule has 0 atom stereocenters. The maximum atomic E-state index is 6.57. The minimum atomic E-state index is -1.60. The van der Waals surface area contributed by atoms with Crippen LogP contribution >= 0.6 is 0 Å². The number of hydrogen-bond donors (Lipinski definition) is 0. The minimum Gasteiger partial charge on any atom is -0.547 e. The molecule has 0 saturated heterocycles. The quantitative estimate of drug-likeness (QED) is 0.501. The summed E-state index contributed by atoms with van der Waals surface area (Å²) in [5.41, 5.74) is 5.02. The lowest BCUT2D eigenvalue weighted by molar-refractivity contribution is 0.372. The second-order valence-electron chi connectivity index (χ2n) is 10.8. The van der Waals surface area contributed by atoms with Crippen LogP contribution in [0.4, 0.5) is 0 Å². The molecule has 2 heteroatoms. The van der Waals surface area contributed by atoms with Crippen LogP contribution in [-0.2, 0) is 4.43 Å². The Morgan fingerprint density at radius 3 is 1.36 bits per heavy atom. The first kappa shape index (κ1) is 19.5. The first-order chi connectivity index (χ1) is 9.44. The number of allylic oxidation sites excluding steroid dienone is 3. The van der Waals surface area contributed by atoms with Crippen LogP contribution in [0, 0.1) is 16.2 Å². The molecule has 0 spiro atoms. The average Bonchev–Trinajstić information content (AvgIpc) is 2.51. The third kappa shape index (κ3) is 4.50. The maximum absolute atomic E-state index is 6.57. The van der Waals surface area contributed by atoms with Gasteiger partial charge in [-0.15, -0.1) is 0 Å². The van der Waals surface area contributed by atoms with Gasteiger partial charge < -0.3 is 4.43 Å².